The summed E-state index contributed by atoms with van der Waals surface area (Å²) in [6, 6.07) is 5.50. The molecule has 0 amide bonds. The molecular formula is C12H15N5. The zero-order valence-electron chi connectivity index (χ0n) is 9.56. The largest absolute Gasteiger partial charge is 0.384 e. The lowest BCUT2D eigenvalue weighted by Gasteiger charge is -2.01. The van der Waals surface area contributed by atoms with Crippen LogP contribution in [0.15, 0.2) is 18.2 Å². The van der Waals surface area contributed by atoms with E-state index >= 15 is 0 Å². The first-order valence-corrected chi connectivity index (χ1v) is 5.98. The van der Waals surface area contributed by atoms with Crippen LogP contribution in [0, 0.1) is 0 Å². The summed E-state index contributed by atoms with van der Waals surface area (Å²) in [6.07, 6.45) is 4.99. The fraction of sp³-hybridized carbons (Fsp3) is 0.417. The minimum atomic E-state index is 0.495. The second-order valence-corrected chi connectivity index (χ2v) is 4.47. The first-order chi connectivity index (χ1) is 8.33. The van der Waals surface area contributed by atoms with E-state index in [1.54, 1.807) is 6.07 Å². The van der Waals surface area contributed by atoms with Gasteiger partial charge in [-0.15, -0.1) is 0 Å². The Morgan fingerprint density at radius 3 is 2.76 bits per heavy atom. The normalized spacial score (nSPS) is 16.5. The van der Waals surface area contributed by atoms with Gasteiger partial charge in [0.1, 0.15) is 17.3 Å². The predicted octanol–water partition coefficient (Wildman–Crippen LogP) is 2.11. The van der Waals surface area contributed by atoms with Crippen molar-refractivity contribution in [1.82, 2.24) is 20.2 Å². The Labute approximate surface area is 99.5 Å². The highest BCUT2D eigenvalue weighted by Gasteiger charge is 2.21. The maximum atomic E-state index is 5.65. The molecule has 2 heterocycles. The van der Waals surface area contributed by atoms with E-state index in [-0.39, 0.29) is 0 Å². The summed E-state index contributed by atoms with van der Waals surface area (Å²) >= 11 is 0. The average Bonchev–Trinajstić information content (AvgIpc) is 3.00. The smallest absolute Gasteiger partial charge is 0.199 e. The van der Waals surface area contributed by atoms with Gasteiger partial charge in [0, 0.05) is 5.92 Å². The minimum Gasteiger partial charge on any atom is -0.384 e. The van der Waals surface area contributed by atoms with Crippen LogP contribution in [0.5, 0.6) is 0 Å². The van der Waals surface area contributed by atoms with E-state index in [0.717, 1.165) is 11.5 Å². The van der Waals surface area contributed by atoms with Crippen LogP contribution in [-0.2, 0) is 0 Å². The number of anilines is 1. The molecule has 3 rings (SSSR count). The molecule has 17 heavy (non-hydrogen) atoms. The third-order valence-corrected chi connectivity index (χ3v) is 3.24. The van der Waals surface area contributed by atoms with E-state index in [9.17, 15) is 0 Å². The molecule has 2 aromatic heterocycles. The Morgan fingerprint density at radius 1 is 1.18 bits per heavy atom. The molecule has 5 nitrogen and oxygen atoms in total. The van der Waals surface area contributed by atoms with Gasteiger partial charge in [-0.3, -0.25) is 5.10 Å². The summed E-state index contributed by atoms with van der Waals surface area (Å²) in [6.45, 7) is 0. The number of H-pyrrole nitrogens is 1. The molecule has 0 aromatic carbocycles. The van der Waals surface area contributed by atoms with Gasteiger partial charge in [-0.2, -0.15) is 5.10 Å². The molecule has 0 atom stereocenters. The number of nitrogens with one attached hydrogen (secondary N) is 1. The lowest BCUT2D eigenvalue weighted by atomic mass is 10.1. The van der Waals surface area contributed by atoms with Crippen molar-refractivity contribution in [2.24, 2.45) is 0 Å². The number of nitrogens with zero attached hydrogens (tertiary/aromatic N) is 3. The van der Waals surface area contributed by atoms with Crippen molar-refractivity contribution in [3.63, 3.8) is 0 Å². The lowest BCUT2D eigenvalue weighted by Crippen LogP contribution is -1.95. The Kier molecular flexibility index (Phi) is 2.51. The number of hydrogen-bond acceptors (Lipinski definition) is 4. The third kappa shape index (κ3) is 2.00. The molecule has 0 unspecified atom stereocenters. The van der Waals surface area contributed by atoms with Crippen LogP contribution in [0.2, 0.25) is 0 Å². The van der Waals surface area contributed by atoms with Gasteiger partial charge in [0.25, 0.3) is 0 Å². The van der Waals surface area contributed by atoms with Crippen LogP contribution in [0.4, 0.5) is 5.82 Å². The van der Waals surface area contributed by atoms with Crippen LogP contribution in [0.3, 0.4) is 0 Å². The number of pyridine rings is 1. The number of aromatic amines is 1. The van der Waals surface area contributed by atoms with Crippen LogP contribution in [-0.4, -0.2) is 20.2 Å². The van der Waals surface area contributed by atoms with Crippen molar-refractivity contribution in [2.75, 3.05) is 5.73 Å². The average molecular weight is 229 g/mol. The van der Waals surface area contributed by atoms with Gasteiger partial charge in [-0.05, 0) is 25.0 Å². The number of nitrogen functional groups attached to an aromatic ring is 1. The Balaban J connectivity index is 1.89. The molecule has 88 valence electrons. The molecule has 0 spiro atoms. The van der Waals surface area contributed by atoms with Gasteiger partial charge >= 0.3 is 0 Å². The van der Waals surface area contributed by atoms with Gasteiger partial charge in [0.15, 0.2) is 5.82 Å². The summed E-state index contributed by atoms with van der Waals surface area (Å²) < 4.78 is 0. The quantitative estimate of drug-likeness (QED) is 0.826. The standard InChI is InChI=1S/C12H15N5/c13-10-7-3-6-9(14-10)12-15-11(16-17-12)8-4-1-2-5-8/h3,6-8H,1-2,4-5H2,(H2,13,14)(H,15,16,17). The number of aromatic nitrogens is 4. The summed E-state index contributed by atoms with van der Waals surface area (Å²) in [5.41, 5.74) is 6.38. The fourth-order valence-electron chi connectivity index (χ4n) is 2.35. The number of rotatable bonds is 2. The highest BCUT2D eigenvalue weighted by molar-refractivity contribution is 5.51. The summed E-state index contributed by atoms with van der Waals surface area (Å²) in [7, 11) is 0. The number of nitrogens with two attached hydrogens (primary N) is 1. The van der Waals surface area contributed by atoms with E-state index in [2.05, 4.69) is 20.2 Å². The topological polar surface area (TPSA) is 80.5 Å². The van der Waals surface area contributed by atoms with Crippen molar-refractivity contribution in [2.45, 2.75) is 31.6 Å². The van der Waals surface area contributed by atoms with Crippen molar-refractivity contribution in [3.05, 3.63) is 24.0 Å². The predicted molar refractivity (Wildman–Crippen MR) is 65.2 cm³/mol. The first kappa shape index (κ1) is 10.3. The van der Waals surface area contributed by atoms with E-state index in [1.165, 1.54) is 25.7 Å². The zero-order valence-corrected chi connectivity index (χ0v) is 9.56. The van der Waals surface area contributed by atoms with Crippen LogP contribution < -0.4 is 5.73 Å². The molecule has 2 aromatic rings. The zero-order chi connectivity index (χ0) is 11.7. The Morgan fingerprint density at radius 2 is 2.00 bits per heavy atom. The molecule has 0 bridgehead atoms. The third-order valence-electron chi connectivity index (χ3n) is 3.24. The molecule has 1 fully saturated rings. The Hall–Kier alpha value is -1.91. The molecule has 1 aliphatic carbocycles. The van der Waals surface area contributed by atoms with E-state index < -0.39 is 0 Å². The molecule has 0 radical (unpaired) electrons. The minimum absolute atomic E-state index is 0.495. The highest BCUT2D eigenvalue weighted by Crippen LogP contribution is 2.32. The molecule has 3 N–H and O–H groups in total. The van der Waals surface area contributed by atoms with Gasteiger partial charge in [0.05, 0.1) is 0 Å². The molecule has 0 saturated heterocycles. The van der Waals surface area contributed by atoms with Crippen LogP contribution >= 0.6 is 0 Å². The second kappa shape index (κ2) is 4.16. The summed E-state index contributed by atoms with van der Waals surface area (Å²) in [4.78, 5) is 8.74. The maximum Gasteiger partial charge on any atom is 0.199 e. The molecular weight excluding hydrogens is 214 g/mol. The van der Waals surface area contributed by atoms with E-state index in [1.807, 2.05) is 12.1 Å². The monoisotopic (exact) mass is 229 g/mol. The number of hydrogen-bond donors (Lipinski definition) is 2. The molecule has 1 aliphatic rings. The maximum absolute atomic E-state index is 5.65. The Bertz CT molecular complexity index is 513. The van der Waals surface area contributed by atoms with Crippen LogP contribution in [0.25, 0.3) is 11.5 Å². The van der Waals surface area contributed by atoms with E-state index in [4.69, 9.17) is 5.73 Å². The fourth-order valence-corrected chi connectivity index (χ4v) is 2.35. The lowest BCUT2D eigenvalue weighted by molar-refractivity contribution is 0.672. The SMILES string of the molecule is Nc1cccc(-c2n[nH]c(C3CCCC3)n2)n1. The summed E-state index contributed by atoms with van der Waals surface area (Å²) in [5, 5.41) is 7.24. The molecule has 5 heteroatoms. The second-order valence-electron chi connectivity index (χ2n) is 4.47. The van der Waals surface area contributed by atoms with Crippen molar-refractivity contribution >= 4 is 5.82 Å². The van der Waals surface area contributed by atoms with Crippen molar-refractivity contribution in [3.8, 4) is 11.5 Å². The first-order valence-electron chi connectivity index (χ1n) is 5.98. The van der Waals surface area contributed by atoms with Crippen molar-refractivity contribution in [1.29, 1.82) is 0 Å². The molecule has 0 aliphatic heterocycles. The van der Waals surface area contributed by atoms with E-state index in [0.29, 0.717) is 17.6 Å². The van der Waals surface area contributed by atoms with Gasteiger partial charge in [-0.1, -0.05) is 18.9 Å². The van der Waals surface area contributed by atoms with Gasteiger partial charge in [0.2, 0.25) is 0 Å². The van der Waals surface area contributed by atoms with Crippen LogP contribution in [0.1, 0.15) is 37.4 Å². The van der Waals surface area contributed by atoms with Gasteiger partial charge in [-0.25, -0.2) is 9.97 Å². The highest BCUT2D eigenvalue weighted by atomic mass is 15.2. The van der Waals surface area contributed by atoms with Gasteiger partial charge < -0.3 is 5.73 Å². The van der Waals surface area contributed by atoms with Crippen molar-refractivity contribution < 1.29 is 0 Å². The molecule has 1 saturated carbocycles. The summed E-state index contributed by atoms with van der Waals surface area (Å²) in [5.74, 6) is 2.66.